The monoisotopic (exact) mass is 249 g/mol. The molecule has 2 aromatic rings. The van der Waals surface area contributed by atoms with E-state index >= 15 is 0 Å². The molecular weight excluding hydrogens is 234 g/mol. The van der Waals surface area contributed by atoms with Crippen molar-refractivity contribution < 1.29 is 19.7 Å². The van der Waals surface area contributed by atoms with Gasteiger partial charge in [-0.15, -0.1) is 0 Å². The van der Waals surface area contributed by atoms with E-state index in [0.717, 1.165) is 11.2 Å². The number of aryl methyl sites for hydroxylation is 1. The van der Waals surface area contributed by atoms with Crippen LogP contribution in [0, 0.1) is 6.92 Å². The number of hydrogen-bond acceptors (Lipinski definition) is 3. The van der Waals surface area contributed by atoms with Gasteiger partial charge in [-0.05, 0) is 25.1 Å². The molecule has 5 nitrogen and oxygen atoms in total. The van der Waals surface area contributed by atoms with Gasteiger partial charge in [0.2, 0.25) is 0 Å². The van der Waals surface area contributed by atoms with Gasteiger partial charge in [-0.25, -0.2) is 4.79 Å². The quantitative estimate of drug-likeness (QED) is 0.867. The van der Waals surface area contributed by atoms with Gasteiger partial charge in [0.1, 0.15) is 5.75 Å². The summed E-state index contributed by atoms with van der Waals surface area (Å²) in [7, 11) is 3.38. The number of benzene rings is 1. The van der Waals surface area contributed by atoms with E-state index in [9.17, 15) is 9.90 Å². The van der Waals surface area contributed by atoms with Crippen LogP contribution >= 0.6 is 0 Å². The molecule has 96 valence electrons. The Hall–Kier alpha value is -2.01. The smallest absolute Gasteiger partial charge is 0.337 e. The van der Waals surface area contributed by atoms with Gasteiger partial charge in [-0.1, -0.05) is 0 Å². The predicted octanol–water partition coefficient (Wildman–Crippen LogP) is 1.61. The third kappa shape index (κ3) is 1.73. The first-order chi connectivity index (χ1) is 8.47. The highest BCUT2D eigenvalue weighted by molar-refractivity contribution is 5.91. The van der Waals surface area contributed by atoms with Crippen LogP contribution in [-0.2, 0) is 11.8 Å². The number of carboxylic acid groups (broad SMARTS) is 1. The summed E-state index contributed by atoms with van der Waals surface area (Å²) < 4.78 is 6.99. The van der Waals surface area contributed by atoms with Crippen LogP contribution < -0.4 is 4.74 Å². The van der Waals surface area contributed by atoms with Gasteiger partial charge in [0, 0.05) is 29.2 Å². The van der Waals surface area contributed by atoms with E-state index in [1.54, 1.807) is 26.2 Å². The van der Waals surface area contributed by atoms with E-state index in [2.05, 4.69) is 0 Å². The molecule has 0 amide bonds. The molecular formula is C13H15NO4. The maximum Gasteiger partial charge on any atom is 0.337 e. The normalized spacial score (nSPS) is 12.7. The van der Waals surface area contributed by atoms with Crippen LogP contribution in [0.4, 0.5) is 0 Å². The molecule has 1 atom stereocenters. The van der Waals surface area contributed by atoms with Crippen molar-refractivity contribution in [3.05, 3.63) is 29.5 Å². The molecule has 1 heterocycles. The van der Waals surface area contributed by atoms with Gasteiger partial charge >= 0.3 is 5.97 Å². The molecule has 0 radical (unpaired) electrons. The van der Waals surface area contributed by atoms with Gasteiger partial charge in [0.25, 0.3) is 0 Å². The van der Waals surface area contributed by atoms with E-state index in [4.69, 9.17) is 9.84 Å². The highest BCUT2D eigenvalue weighted by Gasteiger charge is 2.24. The van der Waals surface area contributed by atoms with Gasteiger partial charge in [-0.2, -0.15) is 0 Å². The number of carbonyl (C=O) groups is 1. The second kappa shape index (κ2) is 4.34. The number of rotatable bonds is 3. The zero-order chi connectivity index (χ0) is 13.4. The summed E-state index contributed by atoms with van der Waals surface area (Å²) in [6.45, 7) is 1.79. The van der Waals surface area contributed by atoms with Crippen LogP contribution in [0.3, 0.4) is 0 Å². The van der Waals surface area contributed by atoms with Crippen molar-refractivity contribution in [2.24, 2.45) is 7.05 Å². The topological polar surface area (TPSA) is 71.7 Å². The van der Waals surface area contributed by atoms with Crippen LogP contribution in [0.25, 0.3) is 10.9 Å². The Balaban J connectivity index is 2.78. The molecule has 1 unspecified atom stereocenters. The molecule has 0 saturated carbocycles. The van der Waals surface area contributed by atoms with Gasteiger partial charge < -0.3 is 19.5 Å². The van der Waals surface area contributed by atoms with Crippen LogP contribution in [-0.4, -0.2) is 27.9 Å². The summed E-state index contributed by atoms with van der Waals surface area (Å²) >= 11 is 0. The fourth-order valence-electron chi connectivity index (χ4n) is 2.18. The Morgan fingerprint density at radius 2 is 2.11 bits per heavy atom. The maximum atomic E-state index is 11.0. The second-order valence-corrected chi connectivity index (χ2v) is 4.18. The zero-order valence-electron chi connectivity index (χ0n) is 10.5. The Labute approximate surface area is 104 Å². The summed E-state index contributed by atoms with van der Waals surface area (Å²) in [5.41, 5.74) is 2.01. The molecule has 2 N–H and O–H groups in total. The minimum atomic E-state index is -1.53. The fraction of sp³-hybridized carbons (Fsp3) is 0.308. The lowest BCUT2D eigenvalue weighted by Gasteiger charge is -2.06. The Morgan fingerprint density at radius 1 is 1.44 bits per heavy atom. The number of aliphatic hydroxyl groups is 1. The van der Waals surface area contributed by atoms with Crippen molar-refractivity contribution in [2.75, 3.05) is 7.11 Å². The van der Waals surface area contributed by atoms with Crippen molar-refractivity contribution >= 4 is 16.9 Å². The van der Waals surface area contributed by atoms with Crippen LogP contribution in [0.5, 0.6) is 5.75 Å². The number of carboxylic acids is 1. The van der Waals surface area contributed by atoms with Crippen molar-refractivity contribution in [3.8, 4) is 5.75 Å². The van der Waals surface area contributed by atoms with Crippen molar-refractivity contribution in [3.63, 3.8) is 0 Å². The Morgan fingerprint density at radius 3 is 2.67 bits per heavy atom. The van der Waals surface area contributed by atoms with E-state index in [1.165, 1.54) is 0 Å². The summed E-state index contributed by atoms with van der Waals surface area (Å²) in [5, 5.41) is 19.5. The first kappa shape index (κ1) is 12.4. The van der Waals surface area contributed by atoms with Gasteiger partial charge in [0.15, 0.2) is 6.10 Å². The lowest BCUT2D eigenvalue weighted by molar-refractivity contribution is -0.146. The third-order valence-electron chi connectivity index (χ3n) is 3.26. The lowest BCUT2D eigenvalue weighted by Crippen LogP contribution is -2.11. The van der Waals surface area contributed by atoms with Crippen LogP contribution in [0.2, 0.25) is 0 Å². The average Bonchev–Trinajstić information content (AvgIpc) is 2.60. The average molecular weight is 249 g/mol. The van der Waals surface area contributed by atoms with Crippen molar-refractivity contribution in [1.29, 1.82) is 0 Å². The van der Waals surface area contributed by atoms with E-state index in [-0.39, 0.29) is 0 Å². The van der Waals surface area contributed by atoms with Crippen molar-refractivity contribution in [2.45, 2.75) is 13.0 Å². The molecule has 2 rings (SSSR count). The number of aliphatic carboxylic acids is 1. The van der Waals surface area contributed by atoms with E-state index < -0.39 is 12.1 Å². The van der Waals surface area contributed by atoms with Crippen molar-refractivity contribution in [1.82, 2.24) is 4.57 Å². The number of aliphatic hydroxyl groups excluding tert-OH is 1. The highest BCUT2D eigenvalue weighted by atomic mass is 16.5. The molecule has 0 saturated heterocycles. The molecule has 0 spiro atoms. The third-order valence-corrected chi connectivity index (χ3v) is 3.26. The predicted molar refractivity (Wildman–Crippen MR) is 66.8 cm³/mol. The minimum absolute atomic E-state index is 0.416. The fourth-order valence-corrected chi connectivity index (χ4v) is 2.18. The number of fused-ring (bicyclic) bond motifs is 1. The highest BCUT2D eigenvalue weighted by Crippen LogP contribution is 2.32. The molecule has 0 aliphatic rings. The molecule has 0 aliphatic carbocycles. The molecule has 1 aromatic carbocycles. The molecule has 18 heavy (non-hydrogen) atoms. The Kier molecular flexibility index (Phi) is 3.00. The summed E-state index contributed by atoms with van der Waals surface area (Å²) in [6.07, 6.45) is -1.53. The number of nitrogens with zero attached hydrogens (tertiary/aromatic N) is 1. The Bertz CT molecular complexity index is 615. The maximum absolute atomic E-state index is 11.0. The SMILES string of the molecule is COc1ccc2c(c1)c(C(O)C(=O)O)c(C)n2C. The van der Waals surface area contributed by atoms with Crippen LogP contribution in [0.15, 0.2) is 18.2 Å². The van der Waals surface area contributed by atoms with E-state index in [0.29, 0.717) is 16.7 Å². The van der Waals surface area contributed by atoms with Gasteiger partial charge in [-0.3, -0.25) is 0 Å². The lowest BCUT2D eigenvalue weighted by atomic mass is 10.1. The van der Waals surface area contributed by atoms with Gasteiger partial charge in [0.05, 0.1) is 7.11 Å². The summed E-state index contributed by atoms with van der Waals surface area (Å²) in [6, 6.07) is 5.39. The molecule has 0 aliphatic heterocycles. The number of hydrogen-bond donors (Lipinski definition) is 2. The molecule has 0 bridgehead atoms. The first-order valence-corrected chi connectivity index (χ1v) is 5.51. The standard InChI is InChI=1S/C13H15NO4/c1-7-11(12(15)13(16)17)9-6-8(18-3)4-5-10(9)14(7)2/h4-6,12,15H,1-3H3,(H,16,17). The largest absolute Gasteiger partial charge is 0.497 e. The first-order valence-electron chi connectivity index (χ1n) is 5.51. The van der Waals surface area contributed by atoms with Crippen LogP contribution in [0.1, 0.15) is 17.4 Å². The zero-order valence-corrected chi connectivity index (χ0v) is 10.5. The van der Waals surface area contributed by atoms with E-state index in [1.807, 2.05) is 17.7 Å². The molecule has 5 heteroatoms. The summed E-state index contributed by atoms with van der Waals surface area (Å²) in [5.74, 6) is -0.625. The number of ether oxygens (including phenoxy) is 1. The molecule has 1 aromatic heterocycles. The number of aromatic nitrogens is 1. The summed E-state index contributed by atoms with van der Waals surface area (Å²) in [4.78, 5) is 11.0. The number of methoxy groups -OCH3 is 1. The molecule has 0 fully saturated rings. The minimum Gasteiger partial charge on any atom is -0.497 e. The second-order valence-electron chi connectivity index (χ2n) is 4.18.